The quantitative estimate of drug-likeness (QED) is 0.841. The number of nitrogens with one attached hydrogen (secondary N) is 1. The monoisotopic (exact) mass is 294 g/mol. The molecule has 2 atom stereocenters. The van der Waals surface area contributed by atoms with Crippen molar-refractivity contribution in [2.45, 2.75) is 75.8 Å². The van der Waals surface area contributed by atoms with E-state index in [0.29, 0.717) is 12.0 Å². The maximum absolute atomic E-state index is 12.7. The van der Waals surface area contributed by atoms with Gasteiger partial charge in [-0.3, -0.25) is 4.79 Å². The average Bonchev–Trinajstić information content (AvgIpc) is 2.43. The molecule has 2 amide bonds. The summed E-state index contributed by atoms with van der Waals surface area (Å²) in [5.41, 5.74) is -0.482. The predicted molar refractivity (Wildman–Crippen MR) is 79.1 cm³/mol. The van der Waals surface area contributed by atoms with Crippen molar-refractivity contribution >= 4 is 12.0 Å². The van der Waals surface area contributed by atoms with Gasteiger partial charge in [0.05, 0.1) is 12.0 Å². The van der Waals surface area contributed by atoms with E-state index in [2.05, 4.69) is 5.32 Å². The van der Waals surface area contributed by atoms with Crippen LogP contribution in [0.2, 0.25) is 0 Å². The van der Waals surface area contributed by atoms with Crippen molar-refractivity contribution in [2.24, 2.45) is 5.92 Å². The third kappa shape index (κ3) is 3.01. The van der Waals surface area contributed by atoms with Crippen LogP contribution in [0, 0.1) is 5.92 Å². The molecule has 3 fully saturated rings. The molecule has 0 spiro atoms. The second-order valence-corrected chi connectivity index (χ2v) is 7.08. The zero-order valence-corrected chi connectivity index (χ0v) is 12.6. The minimum absolute atomic E-state index is 0.0208. The lowest BCUT2D eigenvalue weighted by atomic mass is 9.74. The van der Waals surface area contributed by atoms with Gasteiger partial charge in [-0.1, -0.05) is 12.8 Å². The first-order valence-corrected chi connectivity index (χ1v) is 8.40. The Labute approximate surface area is 126 Å². The number of piperidine rings is 1. The number of hydrogen-bond acceptors (Lipinski definition) is 2. The molecule has 5 heteroatoms. The van der Waals surface area contributed by atoms with E-state index >= 15 is 0 Å². The highest BCUT2D eigenvalue weighted by molar-refractivity contribution is 5.77. The number of rotatable bonds is 3. The molecular formula is C16H26N2O3. The molecule has 0 radical (unpaired) electrons. The standard InChI is InChI=1S/C16H26N2O3/c19-14(20)11-16(8-4-9-16)17-15(21)18-10-3-6-12-5-1-2-7-13(12)18/h12-13H,1-11H2,(H,17,21)(H,19,20)/t12-,13-/m1/s1. The lowest BCUT2D eigenvalue weighted by molar-refractivity contribution is -0.139. The number of nitrogens with zero attached hydrogens (tertiary/aromatic N) is 1. The topological polar surface area (TPSA) is 69.6 Å². The smallest absolute Gasteiger partial charge is 0.318 e. The number of amides is 2. The number of urea groups is 1. The van der Waals surface area contributed by atoms with E-state index in [9.17, 15) is 9.59 Å². The summed E-state index contributed by atoms with van der Waals surface area (Å²) in [6.07, 6.45) is 9.86. The van der Waals surface area contributed by atoms with Gasteiger partial charge in [0.2, 0.25) is 0 Å². The molecule has 0 aromatic rings. The SMILES string of the molecule is O=C(O)CC1(NC(=O)N2CCC[C@H]3CCCC[C@H]32)CCC1. The van der Waals surface area contributed by atoms with Crippen molar-refractivity contribution in [1.82, 2.24) is 10.2 Å². The van der Waals surface area contributed by atoms with Crippen LogP contribution in [-0.4, -0.2) is 40.1 Å². The number of hydrogen-bond donors (Lipinski definition) is 2. The summed E-state index contributed by atoms with van der Waals surface area (Å²) < 4.78 is 0. The van der Waals surface area contributed by atoms with Gasteiger partial charge in [0, 0.05) is 12.6 Å². The molecule has 21 heavy (non-hydrogen) atoms. The van der Waals surface area contributed by atoms with Gasteiger partial charge >= 0.3 is 12.0 Å². The van der Waals surface area contributed by atoms with Gasteiger partial charge in [0.25, 0.3) is 0 Å². The average molecular weight is 294 g/mol. The summed E-state index contributed by atoms with van der Waals surface area (Å²) in [4.78, 5) is 25.7. The molecule has 1 aliphatic heterocycles. The Morgan fingerprint density at radius 3 is 2.48 bits per heavy atom. The number of carboxylic acid groups (broad SMARTS) is 1. The molecule has 1 saturated heterocycles. The van der Waals surface area contributed by atoms with Crippen molar-refractivity contribution in [3.8, 4) is 0 Å². The fourth-order valence-corrected chi connectivity index (χ4v) is 4.41. The Hall–Kier alpha value is -1.26. The predicted octanol–water partition coefficient (Wildman–Crippen LogP) is 2.75. The summed E-state index contributed by atoms with van der Waals surface area (Å²) >= 11 is 0. The van der Waals surface area contributed by atoms with Gasteiger partial charge in [-0.05, 0) is 50.9 Å². The molecule has 3 rings (SSSR count). The Morgan fingerprint density at radius 2 is 1.81 bits per heavy atom. The van der Waals surface area contributed by atoms with Gasteiger partial charge in [-0.15, -0.1) is 0 Å². The molecule has 2 aliphatic carbocycles. The van der Waals surface area contributed by atoms with E-state index in [1.54, 1.807) is 0 Å². The highest BCUT2D eigenvalue weighted by Gasteiger charge is 2.43. The van der Waals surface area contributed by atoms with E-state index in [1.807, 2.05) is 4.90 Å². The van der Waals surface area contributed by atoms with Crippen LogP contribution in [0.5, 0.6) is 0 Å². The van der Waals surface area contributed by atoms with Crippen molar-refractivity contribution < 1.29 is 14.7 Å². The van der Waals surface area contributed by atoms with Crippen LogP contribution in [0.25, 0.3) is 0 Å². The molecule has 5 nitrogen and oxygen atoms in total. The fraction of sp³-hybridized carbons (Fsp3) is 0.875. The largest absolute Gasteiger partial charge is 0.481 e. The minimum Gasteiger partial charge on any atom is -0.481 e. The Balaban J connectivity index is 1.65. The van der Waals surface area contributed by atoms with Crippen LogP contribution in [0.4, 0.5) is 4.79 Å². The zero-order valence-electron chi connectivity index (χ0n) is 12.6. The molecule has 3 aliphatic rings. The van der Waals surface area contributed by atoms with Crippen LogP contribution in [0.1, 0.15) is 64.2 Å². The van der Waals surface area contributed by atoms with Crippen LogP contribution >= 0.6 is 0 Å². The number of carboxylic acids is 1. The Morgan fingerprint density at radius 1 is 1.10 bits per heavy atom. The molecule has 118 valence electrons. The molecule has 1 heterocycles. The number of aliphatic carboxylic acids is 1. The molecule has 2 N–H and O–H groups in total. The first-order valence-electron chi connectivity index (χ1n) is 8.40. The summed E-state index contributed by atoms with van der Waals surface area (Å²) in [7, 11) is 0. The molecule has 0 bridgehead atoms. The molecule has 0 aromatic heterocycles. The summed E-state index contributed by atoms with van der Waals surface area (Å²) in [6, 6.07) is 0.363. The van der Waals surface area contributed by atoms with Crippen molar-refractivity contribution in [3.63, 3.8) is 0 Å². The van der Waals surface area contributed by atoms with Crippen molar-refractivity contribution in [1.29, 1.82) is 0 Å². The number of carbonyl (C=O) groups is 2. The molecule has 2 saturated carbocycles. The third-order valence-corrected chi connectivity index (χ3v) is 5.68. The highest BCUT2D eigenvalue weighted by Crippen LogP contribution is 2.38. The molecular weight excluding hydrogens is 268 g/mol. The zero-order chi connectivity index (χ0) is 14.9. The highest BCUT2D eigenvalue weighted by atomic mass is 16.4. The second-order valence-electron chi connectivity index (χ2n) is 7.08. The Bertz CT molecular complexity index is 418. The van der Waals surface area contributed by atoms with E-state index < -0.39 is 11.5 Å². The lowest BCUT2D eigenvalue weighted by Crippen LogP contribution is -2.61. The summed E-state index contributed by atoms with van der Waals surface area (Å²) in [6.45, 7) is 0.830. The van der Waals surface area contributed by atoms with Crippen LogP contribution in [0.3, 0.4) is 0 Å². The van der Waals surface area contributed by atoms with E-state index in [1.165, 1.54) is 25.7 Å². The maximum Gasteiger partial charge on any atom is 0.318 e. The normalized spacial score (nSPS) is 31.0. The van der Waals surface area contributed by atoms with Crippen LogP contribution in [0.15, 0.2) is 0 Å². The van der Waals surface area contributed by atoms with Gasteiger partial charge in [-0.2, -0.15) is 0 Å². The number of likely N-dealkylation sites (tertiary alicyclic amines) is 1. The first-order chi connectivity index (χ1) is 10.1. The lowest BCUT2D eigenvalue weighted by Gasteiger charge is -2.47. The van der Waals surface area contributed by atoms with E-state index in [4.69, 9.17) is 5.11 Å². The first kappa shape index (κ1) is 14.7. The molecule has 0 unspecified atom stereocenters. The maximum atomic E-state index is 12.7. The summed E-state index contributed by atoms with van der Waals surface area (Å²) in [5, 5.41) is 12.1. The van der Waals surface area contributed by atoms with E-state index in [-0.39, 0.29) is 12.5 Å². The van der Waals surface area contributed by atoms with Gasteiger partial charge in [0.1, 0.15) is 0 Å². The van der Waals surface area contributed by atoms with Gasteiger partial charge in [-0.25, -0.2) is 4.79 Å². The fourth-order valence-electron chi connectivity index (χ4n) is 4.41. The summed E-state index contributed by atoms with van der Waals surface area (Å²) in [5.74, 6) is -0.153. The van der Waals surface area contributed by atoms with Crippen molar-refractivity contribution in [2.75, 3.05) is 6.54 Å². The van der Waals surface area contributed by atoms with Crippen LogP contribution < -0.4 is 5.32 Å². The molecule has 0 aromatic carbocycles. The van der Waals surface area contributed by atoms with Crippen LogP contribution in [-0.2, 0) is 4.79 Å². The minimum atomic E-state index is -0.816. The second kappa shape index (κ2) is 5.85. The van der Waals surface area contributed by atoms with Gasteiger partial charge < -0.3 is 15.3 Å². The van der Waals surface area contributed by atoms with Crippen molar-refractivity contribution in [3.05, 3.63) is 0 Å². The number of fused-ring (bicyclic) bond motifs is 1. The number of carbonyl (C=O) groups excluding carboxylic acids is 1. The van der Waals surface area contributed by atoms with Gasteiger partial charge in [0.15, 0.2) is 0 Å². The Kier molecular flexibility index (Phi) is 4.09. The third-order valence-electron chi connectivity index (χ3n) is 5.68. The van der Waals surface area contributed by atoms with E-state index in [0.717, 1.165) is 38.6 Å².